The minimum Gasteiger partial charge on any atom is -0.351 e. The molecule has 1 fully saturated rings. The van der Waals surface area contributed by atoms with E-state index in [9.17, 15) is 22.8 Å². The van der Waals surface area contributed by atoms with Crippen molar-refractivity contribution in [1.29, 1.82) is 0 Å². The van der Waals surface area contributed by atoms with E-state index in [2.05, 4.69) is 5.32 Å². The molecule has 3 amide bonds. The fraction of sp³-hybridized carbons (Fsp3) is 0.385. The molecule has 3 N–H and O–H groups in total. The maximum atomic E-state index is 12.7. The number of carbonyl (C=O) groups is 2. The quantitative estimate of drug-likeness (QED) is 0.869. The van der Waals surface area contributed by atoms with E-state index in [-0.39, 0.29) is 23.2 Å². The highest BCUT2D eigenvalue weighted by molar-refractivity contribution is 6.31. The lowest BCUT2D eigenvalue weighted by Crippen LogP contribution is -2.40. The van der Waals surface area contributed by atoms with Gasteiger partial charge in [-0.1, -0.05) is 11.6 Å². The van der Waals surface area contributed by atoms with Gasteiger partial charge >= 0.3 is 12.2 Å². The maximum absolute atomic E-state index is 12.7. The SMILES string of the molecule is NC(=O)N1CC[C@H](NC(=O)c2cc(Cl)cc(C(F)(F)F)c2)C1. The van der Waals surface area contributed by atoms with Crippen molar-refractivity contribution in [3.8, 4) is 0 Å². The van der Waals surface area contributed by atoms with Crippen molar-refractivity contribution in [2.45, 2.75) is 18.6 Å². The molecular weight excluding hydrogens is 323 g/mol. The summed E-state index contributed by atoms with van der Waals surface area (Å²) in [4.78, 5) is 24.4. The molecule has 0 saturated carbocycles. The molecule has 120 valence electrons. The van der Waals surface area contributed by atoms with Gasteiger partial charge in [0.25, 0.3) is 5.91 Å². The summed E-state index contributed by atoms with van der Waals surface area (Å²) >= 11 is 5.63. The smallest absolute Gasteiger partial charge is 0.351 e. The van der Waals surface area contributed by atoms with E-state index in [0.29, 0.717) is 13.0 Å². The lowest BCUT2D eigenvalue weighted by molar-refractivity contribution is -0.137. The van der Waals surface area contributed by atoms with Crippen molar-refractivity contribution in [2.75, 3.05) is 13.1 Å². The highest BCUT2D eigenvalue weighted by Crippen LogP contribution is 2.31. The number of rotatable bonds is 2. The molecule has 1 atom stereocenters. The fourth-order valence-corrected chi connectivity index (χ4v) is 2.47. The van der Waals surface area contributed by atoms with Crippen LogP contribution in [0.4, 0.5) is 18.0 Å². The van der Waals surface area contributed by atoms with E-state index in [1.807, 2.05) is 0 Å². The Bertz CT molecular complexity index is 607. The number of nitrogens with zero attached hydrogens (tertiary/aromatic N) is 1. The molecule has 0 unspecified atom stereocenters. The standard InChI is InChI=1S/C13H13ClF3N3O2/c14-9-4-7(3-8(5-9)13(15,16)17)11(21)19-10-1-2-20(6-10)12(18)22/h3-5,10H,1-2,6H2,(H2,18,22)(H,19,21)/t10-/m0/s1. The summed E-state index contributed by atoms with van der Waals surface area (Å²) < 4.78 is 38.1. The molecule has 1 aliphatic rings. The molecule has 1 aromatic rings. The number of benzene rings is 1. The van der Waals surface area contributed by atoms with Crippen LogP contribution in [0.25, 0.3) is 0 Å². The summed E-state index contributed by atoms with van der Waals surface area (Å²) in [6.45, 7) is 0.622. The molecule has 1 aromatic carbocycles. The van der Waals surface area contributed by atoms with Crippen LogP contribution in [-0.4, -0.2) is 36.0 Å². The van der Waals surface area contributed by atoms with Crippen molar-refractivity contribution in [3.63, 3.8) is 0 Å². The summed E-state index contributed by atoms with van der Waals surface area (Å²) in [5, 5.41) is 2.40. The van der Waals surface area contributed by atoms with Gasteiger partial charge in [0.15, 0.2) is 0 Å². The number of alkyl halides is 3. The van der Waals surface area contributed by atoms with Crippen LogP contribution < -0.4 is 11.1 Å². The first-order valence-corrected chi connectivity index (χ1v) is 6.77. The highest BCUT2D eigenvalue weighted by Gasteiger charge is 2.32. The van der Waals surface area contributed by atoms with Gasteiger partial charge in [-0.15, -0.1) is 0 Å². The van der Waals surface area contributed by atoms with Gasteiger partial charge in [-0.25, -0.2) is 4.79 Å². The summed E-state index contributed by atoms with van der Waals surface area (Å²) in [7, 11) is 0. The van der Waals surface area contributed by atoms with Gasteiger partial charge in [0.1, 0.15) is 0 Å². The van der Waals surface area contributed by atoms with Gasteiger partial charge in [0, 0.05) is 29.7 Å². The van der Waals surface area contributed by atoms with Crippen molar-refractivity contribution >= 4 is 23.5 Å². The normalized spacial score (nSPS) is 18.4. The molecule has 1 heterocycles. The predicted molar refractivity (Wildman–Crippen MR) is 73.5 cm³/mol. The van der Waals surface area contributed by atoms with Crippen LogP contribution in [0.2, 0.25) is 5.02 Å². The van der Waals surface area contributed by atoms with Gasteiger partial charge in [-0.3, -0.25) is 4.79 Å². The summed E-state index contributed by atoms with van der Waals surface area (Å²) in [5.41, 5.74) is 3.95. The molecule has 5 nitrogen and oxygen atoms in total. The number of hydrogen-bond donors (Lipinski definition) is 2. The van der Waals surface area contributed by atoms with E-state index >= 15 is 0 Å². The van der Waals surface area contributed by atoms with Crippen LogP contribution >= 0.6 is 11.6 Å². The molecule has 0 bridgehead atoms. The second kappa shape index (κ2) is 6.04. The zero-order valence-corrected chi connectivity index (χ0v) is 12.0. The average molecular weight is 336 g/mol. The van der Waals surface area contributed by atoms with E-state index in [4.69, 9.17) is 17.3 Å². The first-order chi connectivity index (χ1) is 10.2. The molecule has 1 saturated heterocycles. The molecule has 0 spiro atoms. The Morgan fingerprint density at radius 1 is 1.32 bits per heavy atom. The molecule has 22 heavy (non-hydrogen) atoms. The second-order valence-electron chi connectivity index (χ2n) is 4.97. The minimum absolute atomic E-state index is 0.176. The molecule has 1 aliphatic heterocycles. The first-order valence-electron chi connectivity index (χ1n) is 6.40. The number of carbonyl (C=O) groups excluding carboxylic acids is 2. The van der Waals surface area contributed by atoms with Crippen LogP contribution in [0.1, 0.15) is 22.3 Å². The number of nitrogens with two attached hydrogens (primary N) is 1. The Kier molecular flexibility index (Phi) is 4.50. The Labute approximate surface area is 129 Å². The topological polar surface area (TPSA) is 75.4 Å². The predicted octanol–water partition coefficient (Wildman–Crippen LogP) is 2.24. The van der Waals surface area contributed by atoms with Crippen molar-refractivity contribution in [1.82, 2.24) is 10.2 Å². The van der Waals surface area contributed by atoms with E-state index in [1.54, 1.807) is 0 Å². The van der Waals surface area contributed by atoms with Crippen LogP contribution in [0.15, 0.2) is 18.2 Å². The molecule has 9 heteroatoms. The van der Waals surface area contributed by atoms with Crippen LogP contribution in [0, 0.1) is 0 Å². The lowest BCUT2D eigenvalue weighted by atomic mass is 10.1. The summed E-state index contributed by atoms with van der Waals surface area (Å²) in [6, 6.07) is 1.70. The fourth-order valence-electron chi connectivity index (χ4n) is 2.23. The van der Waals surface area contributed by atoms with Crippen LogP contribution in [0.5, 0.6) is 0 Å². The molecule has 0 radical (unpaired) electrons. The monoisotopic (exact) mass is 335 g/mol. The number of likely N-dealkylation sites (tertiary alicyclic amines) is 1. The largest absolute Gasteiger partial charge is 0.416 e. The van der Waals surface area contributed by atoms with Crippen molar-refractivity contribution in [2.24, 2.45) is 5.73 Å². The van der Waals surface area contributed by atoms with Gasteiger partial charge in [-0.2, -0.15) is 13.2 Å². The third-order valence-electron chi connectivity index (χ3n) is 3.32. The van der Waals surface area contributed by atoms with Gasteiger partial charge in [0.2, 0.25) is 0 Å². The van der Waals surface area contributed by atoms with E-state index in [1.165, 1.54) is 4.90 Å². The van der Waals surface area contributed by atoms with E-state index < -0.39 is 23.7 Å². The Morgan fingerprint density at radius 3 is 2.55 bits per heavy atom. The zero-order valence-electron chi connectivity index (χ0n) is 11.3. The number of hydrogen-bond acceptors (Lipinski definition) is 2. The van der Waals surface area contributed by atoms with Crippen LogP contribution in [0.3, 0.4) is 0 Å². The van der Waals surface area contributed by atoms with Crippen LogP contribution in [-0.2, 0) is 6.18 Å². The maximum Gasteiger partial charge on any atom is 0.416 e. The van der Waals surface area contributed by atoms with Gasteiger partial charge < -0.3 is 16.0 Å². The van der Waals surface area contributed by atoms with E-state index in [0.717, 1.165) is 18.2 Å². The number of halogens is 4. The molecule has 2 rings (SSSR count). The molecular formula is C13H13ClF3N3O2. The third-order valence-corrected chi connectivity index (χ3v) is 3.54. The number of amides is 3. The summed E-state index contributed by atoms with van der Waals surface area (Å²) in [6.07, 6.45) is -4.10. The second-order valence-corrected chi connectivity index (χ2v) is 5.41. The molecule has 0 aromatic heterocycles. The minimum atomic E-state index is -4.59. The first kappa shape index (κ1) is 16.4. The Hall–Kier alpha value is -1.96. The average Bonchev–Trinajstić information content (AvgIpc) is 2.85. The van der Waals surface area contributed by atoms with Crippen molar-refractivity contribution in [3.05, 3.63) is 34.3 Å². The lowest BCUT2D eigenvalue weighted by Gasteiger charge is -2.15. The van der Waals surface area contributed by atoms with Crippen molar-refractivity contribution < 1.29 is 22.8 Å². The number of primary amides is 1. The highest BCUT2D eigenvalue weighted by atomic mass is 35.5. The number of nitrogens with one attached hydrogen (secondary N) is 1. The third kappa shape index (κ3) is 3.82. The number of urea groups is 1. The van der Waals surface area contributed by atoms with Gasteiger partial charge in [-0.05, 0) is 24.6 Å². The summed E-state index contributed by atoms with van der Waals surface area (Å²) in [5.74, 6) is -0.677. The Morgan fingerprint density at radius 2 is 2.00 bits per heavy atom. The Balaban J connectivity index is 2.10. The van der Waals surface area contributed by atoms with Gasteiger partial charge in [0.05, 0.1) is 5.56 Å². The molecule has 0 aliphatic carbocycles. The zero-order chi connectivity index (χ0) is 16.5.